The van der Waals surface area contributed by atoms with Crippen LogP contribution in [-0.2, 0) is 18.1 Å². The van der Waals surface area contributed by atoms with E-state index in [1.165, 1.54) is 16.7 Å². The summed E-state index contributed by atoms with van der Waals surface area (Å²) in [5.74, 6) is 1.94. The Balaban J connectivity index is 1.27. The van der Waals surface area contributed by atoms with Crippen LogP contribution in [0.2, 0.25) is 0 Å². The molecule has 1 aliphatic rings. The lowest BCUT2D eigenvalue weighted by atomic mass is 9.96. The first-order chi connectivity index (χ1) is 19.1. The molecule has 5 aromatic rings. The van der Waals surface area contributed by atoms with Gasteiger partial charge in [0, 0.05) is 67.6 Å². The number of aromatic nitrogens is 8. The second kappa shape index (κ2) is 9.73. The molecule has 10 nitrogen and oxygen atoms in total. The zero-order valence-corrected chi connectivity index (χ0v) is 22.3. The van der Waals surface area contributed by atoms with Gasteiger partial charge in [0.25, 0.3) is 0 Å². The summed E-state index contributed by atoms with van der Waals surface area (Å²) in [6.45, 7) is 9.18. The third kappa shape index (κ3) is 5.04. The molecule has 0 aliphatic carbocycles. The van der Waals surface area contributed by atoms with Crippen LogP contribution in [0.15, 0.2) is 55.4 Å². The first-order valence-electron chi connectivity index (χ1n) is 13.0. The van der Waals surface area contributed by atoms with Crippen molar-refractivity contribution in [2.75, 3.05) is 24.5 Å². The minimum absolute atomic E-state index is 0.0254. The van der Waals surface area contributed by atoms with Gasteiger partial charge in [-0.1, -0.05) is 20.8 Å². The first kappa shape index (κ1) is 26.0. The average Bonchev–Trinajstić information content (AvgIpc) is 3.69. The summed E-state index contributed by atoms with van der Waals surface area (Å²) < 4.78 is 41.4. The van der Waals surface area contributed by atoms with E-state index in [2.05, 4.69) is 60.7 Å². The van der Waals surface area contributed by atoms with Crippen molar-refractivity contribution in [1.82, 2.24) is 44.4 Å². The number of nitrogens with zero attached hydrogens (tertiary/aromatic N) is 8. The van der Waals surface area contributed by atoms with E-state index in [0.717, 1.165) is 35.9 Å². The van der Waals surface area contributed by atoms with Gasteiger partial charge in [-0.15, -0.1) is 0 Å². The number of piperazine rings is 1. The Kier molecular flexibility index (Phi) is 6.32. The number of pyridine rings is 1. The fourth-order valence-electron chi connectivity index (χ4n) is 4.98. The van der Waals surface area contributed by atoms with Gasteiger partial charge in [0.2, 0.25) is 0 Å². The first-order valence-corrected chi connectivity index (χ1v) is 13.0. The fourth-order valence-corrected chi connectivity index (χ4v) is 4.98. The maximum absolute atomic E-state index is 13.4. The van der Waals surface area contributed by atoms with E-state index in [4.69, 9.17) is 4.98 Å². The second-order valence-corrected chi connectivity index (χ2v) is 11.0. The normalized spacial score (nSPS) is 17.1. The van der Waals surface area contributed by atoms with Gasteiger partial charge in [-0.3, -0.25) is 14.4 Å². The van der Waals surface area contributed by atoms with Gasteiger partial charge < -0.3 is 9.88 Å². The number of H-pyrrole nitrogens is 2. The Bertz CT molecular complexity index is 1610. The molecule has 0 spiro atoms. The predicted octanol–water partition coefficient (Wildman–Crippen LogP) is 4.62. The van der Waals surface area contributed by atoms with Crippen LogP contribution in [0.4, 0.5) is 19.0 Å². The third-order valence-corrected chi connectivity index (χ3v) is 7.13. The summed E-state index contributed by atoms with van der Waals surface area (Å²) in [6, 6.07) is 4.21. The molecule has 40 heavy (non-hydrogen) atoms. The van der Waals surface area contributed by atoms with Gasteiger partial charge in [-0.25, -0.2) is 19.9 Å². The number of rotatable bonds is 5. The maximum atomic E-state index is 13.4. The van der Waals surface area contributed by atoms with Crippen molar-refractivity contribution in [3.8, 4) is 11.5 Å². The van der Waals surface area contributed by atoms with Crippen molar-refractivity contribution >= 4 is 11.5 Å². The fraction of sp³-hybridized carbons (Fsp3) is 0.370. The molecule has 0 aromatic carbocycles. The van der Waals surface area contributed by atoms with Crippen molar-refractivity contribution < 1.29 is 13.2 Å². The van der Waals surface area contributed by atoms with Gasteiger partial charge in [0.05, 0.1) is 24.0 Å². The topological polar surface area (TPSA) is 107 Å². The SMILES string of the molecule is CC(C)(C)c1ncc(CN2CCN(c3ccnc(-c4cnc5ccc(C(F)(F)F)cn45)n3)CC2c2cn[nH]c2)[nH]1. The molecular weight excluding hydrogens is 521 g/mol. The molecule has 0 bridgehead atoms. The summed E-state index contributed by atoms with van der Waals surface area (Å²) in [5, 5.41) is 7.09. The zero-order chi connectivity index (χ0) is 28.1. The second-order valence-electron chi connectivity index (χ2n) is 11.0. The van der Waals surface area contributed by atoms with Gasteiger partial charge in [0.15, 0.2) is 5.82 Å². The van der Waals surface area contributed by atoms with E-state index in [-0.39, 0.29) is 11.5 Å². The smallest absolute Gasteiger partial charge is 0.353 e. The van der Waals surface area contributed by atoms with Crippen molar-refractivity contribution in [1.29, 1.82) is 0 Å². The Hall–Kier alpha value is -4.26. The molecule has 5 aromatic heterocycles. The molecule has 6 heterocycles. The summed E-state index contributed by atoms with van der Waals surface area (Å²) in [4.78, 5) is 26.0. The van der Waals surface area contributed by atoms with Crippen LogP contribution in [0.5, 0.6) is 0 Å². The predicted molar refractivity (Wildman–Crippen MR) is 142 cm³/mol. The lowest BCUT2D eigenvalue weighted by molar-refractivity contribution is -0.137. The van der Waals surface area contributed by atoms with Crippen LogP contribution >= 0.6 is 0 Å². The zero-order valence-electron chi connectivity index (χ0n) is 22.3. The van der Waals surface area contributed by atoms with Crippen LogP contribution < -0.4 is 4.90 Å². The molecule has 1 saturated heterocycles. The van der Waals surface area contributed by atoms with Gasteiger partial charge in [-0.05, 0) is 18.2 Å². The van der Waals surface area contributed by atoms with E-state index >= 15 is 0 Å². The Morgan fingerprint density at radius 2 is 1.85 bits per heavy atom. The van der Waals surface area contributed by atoms with Crippen molar-refractivity contribution in [2.24, 2.45) is 0 Å². The average molecular weight is 551 g/mol. The number of imidazole rings is 2. The molecule has 1 unspecified atom stereocenters. The van der Waals surface area contributed by atoms with Gasteiger partial charge in [0.1, 0.15) is 23.0 Å². The standard InChI is InChI=1S/C27H29F3N10/c1-26(2,3)25-33-12-19(36-25)15-38-8-9-39(16-21(38)17-10-34-35-11-17)23-6-7-31-24(37-23)20-13-32-22-5-4-18(14-40(20)22)27(28,29)30/h4-7,10-14,21H,8-9,15-16H2,1-3H3,(H,33,36)(H,34,35). The molecule has 0 radical (unpaired) electrons. The number of hydrogen-bond donors (Lipinski definition) is 2. The van der Waals surface area contributed by atoms with E-state index in [1.54, 1.807) is 6.20 Å². The van der Waals surface area contributed by atoms with Gasteiger partial charge in [-0.2, -0.15) is 18.3 Å². The monoisotopic (exact) mass is 550 g/mol. The molecule has 2 N–H and O–H groups in total. The lowest BCUT2D eigenvalue weighted by Gasteiger charge is -2.41. The molecule has 208 valence electrons. The summed E-state index contributed by atoms with van der Waals surface area (Å²) in [6.07, 6.45) is 5.32. The van der Waals surface area contributed by atoms with E-state index < -0.39 is 11.7 Å². The van der Waals surface area contributed by atoms with Crippen LogP contribution in [0, 0.1) is 0 Å². The number of nitrogens with one attached hydrogen (secondary N) is 2. The molecular formula is C27H29F3N10. The number of fused-ring (bicyclic) bond motifs is 1. The van der Waals surface area contributed by atoms with Crippen LogP contribution in [-0.4, -0.2) is 64.1 Å². The number of anilines is 1. The summed E-state index contributed by atoms with van der Waals surface area (Å²) in [5.41, 5.74) is 2.04. The highest BCUT2D eigenvalue weighted by atomic mass is 19.4. The van der Waals surface area contributed by atoms with Crippen molar-refractivity contribution in [2.45, 2.75) is 44.9 Å². The molecule has 6 rings (SSSR count). The maximum Gasteiger partial charge on any atom is 0.417 e. The van der Waals surface area contributed by atoms with E-state index in [9.17, 15) is 13.2 Å². The summed E-state index contributed by atoms with van der Waals surface area (Å²) in [7, 11) is 0. The van der Waals surface area contributed by atoms with Crippen LogP contribution in [0.1, 0.15) is 49.5 Å². The largest absolute Gasteiger partial charge is 0.417 e. The van der Waals surface area contributed by atoms with E-state index in [1.807, 2.05) is 24.7 Å². The number of hydrogen-bond acceptors (Lipinski definition) is 7. The van der Waals surface area contributed by atoms with Crippen molar-refractivity contribution in [3.63, 3.8) is 0 Å². The molecule has 1 fully saturated rings. The highest BCUT2D eigenvalue weighted by Gasteiger charge is 2.32. The summed E-state index contributed by atoms with van der Waals surface area (Å²) >= 11 is 0. The quantitative estimate of drug-likeness (QED) is 0.329. The highest BCUT2D eigenvalue weighted by Crippen LogP contribution is 2.32. The Labute approximate surface area is 228 Å². The van der Waals surface area contributed by atoms with Crippen molar-refractivity contribution in [3.05, 3.63) is 78.0 Å². The number of alkyl halides is 3. The Morgan fingerprint density at radius 1 is 1.00 bits per heavy atom. The molecule has 1 aliphatic heterocycles. The third-order valence-electron chi connectivity index (χ3n) is 7.13. The Morgan fingerprint density at radius 3 is 2.58 bits per heavy atom. The van der Waals surface area contributed by atoms with Gasteiger partial charge >= 0.3 is 6.18 Å². The molecule has 13 heteroatoms. The molecule has 0 amide bonds. The van der Waals surface area contributed by atoms with Crippen LogP contribution in [0.3, 0.4) is 0 Å². The lowest BCUT2D eigenvalue weighted by Crippen LogP contribution is -2.48. The number of halogens is 3. The minimum atomic E-state index is -4.47. The molecule has 1 atom stereocenters. The highest BCUT2D eigenvalue weighted by molar-refractivity contribution is 5.59. The number of aromatic amines is 2. The minimum Gasteiger partial charge on any atom is -0.353 e. The van der Waals surface area contributed by atoms with Crippen LogP contribution in [0.25, 0.3) is 17.2 Å². The van der Waals surface area contributed by atoms with E-state index in [0.29, 0.717) is 42.6 Å². The molecule has 0 saturated carbocycles.